The molecule has 0 aliphatic heterocycles. The van der Waals surface area contributed by atoms with Crippen LogP contribution in [0.25, 0.3) is 0 Å². The number of carbonyl (C=O) groups is 1. The van der Waals surface area contributed by atoms with Gasteiger partial charge in [-0.1, -0.05) is 17.7 Å². The van der Waals surface area contributed by atoms with Gasteiger partial charge in [0.2, 0.25) is 0 Å². The second kappa shape index (κ2) is 5.21. The summed E-state index contributed by atoms with van der Waals surface area (Å²) < 4.78 is 11.8. The van der Waals surface area contributed by atoms with Gasteiger partial charge in [0, 0.05) is 17.1 Å². The maximum atomic E-state index is 11.8. The fourth-order valence-corrected chi connectivity index (χ4v) is 2.73. The normalized spacial score (nSPS) is 12.5. The van der Waals surface area contributed by atoms with E-state index < -0.39 is 10.8 Å². The maximum absolute atomic E-state index is 11.8. The molecule has 1 aromatic rings. The minimum atomic E-state index is -1.04. The summed E-state index contributed by atoms with van der Waals surface area (Å²) in [5.74, 6) is 0.521. The third-order valence-corrected chi connectivity index (χ3v) is 3.74. The molecule has 15 heavy (non-hydrogen) atoms. The topological polar surface area (TPSA) is 34.1 Å². The maximum Gasteiger partial charge on any atom is 0.130 e. The Morgan fingerprint density at radius 2 is 2.00 bits per heavy atom. The van der Waals surface area contributed by atoms with Crippen molar-refractivity contribution in [1.82, 2.24) is 0 Å². The number of hydrogen-bond donors (Lipinski definition) is 0. The Balaban J connectivity index is 2.78. The first-order chi connectivity index (χ1) is 7.00. The molecule has 1 unspecified atom stereocenters. The van der Waals surface area contributed by atoms with Crippen molar-refractivity contribution in [2.75, 3.05) is 5.75 Å². The lowest BCUT2D eigenvalue weighted by Gasteiger charge is -2.05. The second-order valence-electron chi connectivity index (χ2n) is 3.77. The van der Waals surface area contributed by atoms with Gasteiger partial charge in [-0.3, -0.25) is 9.00 Å². The van der Waals surface area contributed by atoms with Crippen molar-refractivity contribution >= 4 is 16.6 Å². The molecule has 82 valence electrons. The van der Waals surface area contributed by atoms with E-state index in [0.29, 0.717) is 12.2 Å². The molecule has 0 spiro atoms. The Bertz CT molecular complexity index is 397. The first kappa shape index (κ1) is 12.1. The molecule has 2 nitrogen and oxygen atoms in total. The average Bonchev–Trinajstić information content (AvgIpc) is 2.14. The third-order valence-electron chi connectivity index (χ3n) is 2.22. The first-order valence-electron chi connectivity index (χ1n) is 4.96. The number of ketones is 1. The summed E-state index contributed by atoms with van der Waals surface area (Å²) in [5, 5.41) is 0. The van der Waals surface area contributed by atoms with Gasteiger partial charge < -0.3 is 0 Å². The van der Waals surface area contributed by atoms with Crippen LogP contribution in [-0.4, -0.2) is 15.7 Å². The van der Waals surface area contributed by atoms with E-state index >= 15 is 0 Å². The van der Waals surface area contributed by atoms with Gasteiger partial charge in [0.1, 0.15) is 5.78 Å². The van der Waals surface area contributed by atoms with Crippen LogP contribution in [0.5, 0.6) is 0 Å². The molecule has 0 N–H and O–H groups in total. The highest BCUT2D eigenvalue weighted by atomic mass is 32.2. The van der Waals surface area contributed by atoms with Gasteiger partial charge in [-0.05, 0) is 32.4 Å². The highest BCUT2D eigenvalue weighted by molar-refractivity contribution is 7.85. The Morgan fingerprint density at radius 3 is 2.53 bits per heavy atom. The summed E-state index contributed by atoms with van der Waals surface area (Å²) in [7, 11) is -1.04. The largest absolute Gasteiger partial charge is 0.300 e. The zero-order valence-electron chi connectivity index (χ0n) is 9.37. The summed E-state index contributed by atoms with van der Waals surface area (Å²) in [5.41, 5.74) is 2.21. The summed E-state index contributed by atoms with van der Waals surface area (Å²) in [6.07, 6.45) is 0.389. The fourth-order valence-electron chi connectivity index (χ4n) is 1.40. The Kier molecular flexibility index (Phi) is 4.21. The van der Waals surface area contributed by atoms with Gasteiger partial charge in [-0.2, -0.15) is 0 Å². The molecule has 1 atom stereocenters. The van der Waals surface area contributed by atoms with E-state index in [1.807, 2.05) is 32.0 Å². The molecule has 0 aliphatic carbocycles. The molecular formula is C12H16O2S. The van der Waals surface area contributed by atoms with Gasteiger partial charge in [0.05, 0.1) is 10.8 Å². The summed E-state index contributed by atoms with van der Waals surface area (Å²) in [6, 6.07) is 5.86. The van der Waals surface area contributed by atoms with E-state index in [2.05, 4.69) is 0 Å². The van der Waals surface area contributed by atoms with Gasteiger partial charge in [0.25, 0.3) is 0 Å². The monoisotopic (exact) mass is 224 g/mol. The number of rotatable bonds is 4. The molecule has 0 aromatic heterocycles. The SMILES string of the molecule is CC(=O)CCS(=O)c1ccc(C)cc1C. The van der Waals surface area contributed by atoms with Crippen LogP contribution in [0.2, 0.25) is 0 Å². The van der Waals surface area contributed by atoms with Crippen LogP contribution in [0.4, 0.5) is 0 Å². The van der Waals surface area contributed by atoms with E-state index in [-0.39, 0.29) is 5.78 Å². The van der Waals surface area contributed by atoms with Crippen molar-refractivity contribution in [3.8, 4) is 0 Å². The number of benzene rings is 1. The smallest absolute Gasteiger partial charge is 0.130 e. The second-order valence-corrected chi connectivity index (χ2v) is 5.31. The molecule has 0 saturated heterocycles. The molecule has 1 aromatic carbocycles. The van der Waals surface area contributed by atoms with Crippen molar-refractivity contribution in [1.29, 1.82) is 0 Å². The van der Waals surface area contributed by atoms with Crippen molar-refractivity contribution in [2.24, 2.45) is 0 Å². The van der Waals surface area contributed by atoms with Gasteiger partial charge in [0.15, 0.2) is 0 Å². The van der Waals surface area contributed by atoms with Crippen LogP contribution >= 0.6 is 0 Å². The molecule has 0 saturated carbocycles. The zero-order chi connectivity index (χ0) is 11.4. The van der Waals surface area contributed by atoms with Crippen molar-refractivity contribution in [2.45, 2.75) is 32.1 Å². The predicted molar refractivity (Wildman–Crippen MR) is 62.5 cm³/mol. The molecule has 1 rings (SSSR count). The molecular weight excluding hydrogens is 208 g/mol. The number of aryl methyl sites for hydroxylation is 2. The molecule has 0 bridgehead atoms. The van der Waals surface area contributed by atoms with E-state index in [1.54, 1.807) is 0 Å². The zero-order valence-corrected chi connectivity index (χ0v) is 10.2. The van der Waals surface area contributed by atoms with E-state index in [1.165, 1.54) is 12.5 Å². The van der Waals surface area contributed by atoms with E-state index in [4.69, 9.17) is 0 Å². The Morgan fingerprint density at radius 1 is 1.33 bits per heavy atom. The molecule has 0 heterocycles. The van der Waals surface area contributed by atoms with E-state index in [9.17, 15) is 9.00 Å². The molecule has 0 fully saturated rings. The Labute approximate surface area is 93.2 Å². The van der Waals surface area contributed by atoms with E-state index in [0.717, 1.165) is 10.5 Å². The highest BCUT2D eigenvalue weighted by Gasteiger charge is 2.08. The van der Waals surface area contributed by atoms with Gasteiger partial charge >= 0.3 is 0 Å². The molecule has 0 amide bonds. The minimum absolute atomic E-state index is 0.0908. The van der Waals surface area contributed by atoms with Crippen LogP contribution in [-0.2, 0) is 15.6 Å². The first-order valence-corrected chi connectivity index (χ1v) is 6.27. The lowest BCUT2D eigenvalue weighted by molar-refractivity contribution is -0.116. The standard InChI is InChI=1S/C12H16O2S/c1-9-4-5-12(10(2)8-9)15(14)7-6-11(3)13/h4-5,8H,6-7H2,1-3H3. The highest BCUT2D eigenvalue weighted by Crippen LogP contribution is 2.15. The van der Waals surface area contributed by atoms with Gasteiger partial charge in [-0.15, -0.1) is 0 Å². The lowest BCUT2D eigenvalue weighted by atomic mass is 10.2. The number of carbonyl (C=O) groups excluding carboxylic acids is 1. The fraction of sp³-hybridized carbons (Fsp3) is 0.417. The number of hydrogen-bond acceptors (Lipinski definition) is 2. The molecule has 3 heteroatoms. The summed E-state index contributed by atoms with van der Waals surface area (Å²) >= 11 is 0. The van der Waals surface area contributed by atoms with Crippen molar-refractivity contribution in [3.05, 3.63) is 29.3 Å². The quantitative estimate of drug-likeness (QED) is 0.787. The van der Waals surface area contributed by atoms with Crippen LogP contribution in [0.3, 0.4) is 0 Å². The summed E-state index contributed by atoms with van der Waals surface area (Å²) in [4.78, 5) is 11.6. The minimum Gasteiger partial charge on any atom is -0.300 e. The number of Topliss-reactive ketones (excluding diaryl/α,β-unsaturated/α-hetero) is 1. The van der Waals surface area contributed by atoms with Gasteiger partial charge in [-0.25, -0.2) is 0 Å². The average molecular weight is 224 g/mol. The Hall–Kier alpha value is -0.960. The summed E-state index contributed by atoms with van der Waals surface area (Å²) in [6.45, 7) is 5.49. The third kappa shape index (κ3) is 3.59. The van der Waals surface area contributed by atoms with Crippen LogP contribution < -0.4 is 0 Å². The van der Waals surface area contributed by atoms with Crippen LogP contribution in [0.15, 0.2) is 23.1 Å². The molecule has 0 aliphatic rings. The molecule has 0 radical (unpaired) electrons. The van der Waals surface area contributed by atoms with Crippen molar-refractivity contribution < 1.29 is 9.00 Å². The predicted octanol–water partition coefficient (Wildman–Crippen LogP) is 2.39. The van der Waals surface area contributed by atoms with Crippen molar-refractivity contribution in [3.63, 3.8) is 0 Å². The van der Waals surface area contributed by atoms with Crippen LogP contribution in [0, 0.1) is 13.8 Å². The van der Waals surface area contributed by atoms with Crippen LogP contribution in [0.1, 0.15) is 24.5 Å². The lowest BCUT2D eigenvalue weighted by Crippen LogP contribution is -2.04.